The zero-order chi connectivity index (χ0) is 19.7. The number of carbonyl (C=O) groups is 3. The molecular weight excluding hydrogens is 361 g/mol. The van der Waals surface area contributed by atoms with E-state index in [-0.39, 0.29) is 17.5 Å². The third-order valence-electron chi connectivity index (χ3n) is 4.94. The SMILES string of the molecule is O=C(Nc1cccc(F)c1)C(=O)Nc1ccc2c(c1)N(C(=O)C1CC1)CCC2. The van der Waals surface area contributed by atoms with E-state index in [2.05, 4.69) is 10.6 Å². The van der Waals surface area contributed by atoms with Gasteiger partial charge in [0.15, 0.2) is 0 Å². The molecule has 1 aliphatic heterocycles. The summed E-state index contributed by atoms with van der Waals surface area (Å²) in [7, 11) is 0. The summed E-state index contributed by atoms with van der Waals surface area (Å²) in [6.07, 6.45) is 3.65. The third-order valence-corrected chi connectivity index (χ3v) is 4.94. The van der Waals surface area contributed by atoms with Crippen molar-refractivity contribution in [3.8, 4) is 0 Å². The smallest absolute Gasteiger partial charge is 0.314 e. The summed E-state index contributed by atoms with van der Waals surface area (Å²) in [4.78, 5) is 38.6. The lowest BCUT2D eigenvalue weighted by molar-refractivity contribution is -0.133. The first kappa shape index (κ1) is 18.2. The van der Waals surface area contributed by atoms with Crippen LogP contribution in [0.3, 0.4) is 0 Å². The minimum Gasteiger partial charge on any atom is -0.318 e. The standard InChI is InChI=1S/C21H20FN3O3/c22-15-4-1-5-16(11-15)23-19(26)20(27)24-17-9-8-13-3-2-10-25(18(13)12-17)21(28)14-6-7-14/h1,4-5,8-9,11-12,14H,2-3,6-7,10H2,(H,23,26)(H,24,27). The zero-order valence-electron chi connectivity index (χ0n) is 15.2. The maximum absolute atomic E-state index is 13.2. The van der Waals surface area contributed by atoms with E-state index < -0.39 is 17.6 Å². The number of benzene rings is 2. The Labute approximate surface area is 161 Å². The Morgan fingerprint density at radius 2 is 1.68 bits per heavy atom. The second-order valence-corrected chi connectivity index (χ2v) is 7.13. The highest BCUT2D eigenvalue weighted by Gasteiger charge is 2.35. The first-order chi connectivity index (χ1) is 13.5. The number of hydrogen-bond acceptors (Lipinski definition) is 3. The molecule has 2 aromatic rings. The predicted octanol–water partition coefficient (Wildman–Crippen LogP) is 3.09. The van der Waals surface area contributed by atoms with Gasteiger partial charge in [0.25, 0.3) is 0 Å². The molecule has 2 aliphatic rings. The minimum absolute atomic E-state index is 0.112. The van der Waals surface area contributed by atoms with Gasteiger partial charge in [0.05, 0.1) is 0 Å². The van der Waals surface area contributed by atoms with Crippen molar-refractivity contribution in [3.63, 3.8) is 0 Å². The van der Waals surface area contributed by atoms with Crippen LogP contribution in [0.15, 0.2) is 42.5 Å². The molecule has 0 aromatic heterocycles. The quantitative estimate of drug-likeness (QED) is 0.802. The number of rotatable bonds is 3. The lowest BCUT2D eigenvalue weighted by Crippen LogP contribution is -2.36. The van der Waals surface area contributed by atoms with Gasteiger partial charge in [-0.25, -0.2) is 4.39 Å². The van der Waals surface area contributed by atoms with Gasteiger partial charge in [0, 0.05) is 29.5 Å². The van der Waals surface area contributed by atoms with Crippen molar-refractivity contribution in [2.45, 2.75) is 25.7 Å². The second-order valence-electron chi connectivity index (χ2n) is 7.13. The topological polar surface area (TPSA) is 78.5 Å². The van der Waals surface area contributed by atoms with Crippen LogP contribution in [-0.2, 0) is 20.8 Å². The average molecular weight is 381 g/mol. The van der Waals surface area contributed by atoms with E-state index in [1.807, 2.05) is 6.07 Å². The molecule has 1 aliphatic carbocycles. The van der Waals surface area contributed by atoms with Crippen molar-refractivity contribution in [2.75, 3.05) is 22.1 Å². The summed E-state index contributed by atoms with van der Waals surface area (Å²) in [5, 5.41) is 4.91. The highest BCUT2D eigenvalue weighted by Crippen LogP contribution is 2.36. The molecule has 0 unspecified atom stereocenters. The molecule has 4 rings (SSSR count). The molecule has 2 aromatic carbocycles. The molecule has 0 atom stereocenters. The molecule has 0 spiro atoms. The van der Waals surface area contributed by atoms with Crippen LogP contribution in [0.5, 0.6) is 0 Å². The molecule has 7 heteroatoms. The molecular formula is C21H20FN3O3. The monoisotopic (exact) mass is 381 g/mol. The van der Waals surface area contributed by atoms with Gasteiger partial charge in [0.2, 0.25) is 5.91 Å². The highest BCUT2D eigenvalue weighted by molar-refractivity contribution is 6.43. The largest absolute Gasteiger partial charge is 0.318 e. The molecule has 2 N–H and O–H groups in total. The van der Waals surface area contributed by atoms with Crippen LogP contribution in [0.25, 0.3) is 0 Å². The number of carbonyl (C=O) groups excluding carboxylic acids is 3. The molecule has 28 heavy (non-hydrogen) atoms. The Kier molecular flexibility index (Phi) is 4.81. The van der Waals surface area contributed by atoms with E-state index in [1.165, 1.54) is 18.2 Å². The van der Waals surface area contributed by atoms with Crippen LogP contribution >= 0.6 is 0 Å². The number of hydrogen-bond donors (Lipinski definition) is 2. The van der Waals surface area contributed by atoms with Crippen LogP contribution in [0.1, 0.15) is 24.8 Å². The van der Waals surface area contributed by atoms with Crippen molar-refractivity contribution in [1.29, 1.82) is 0 Å². The number of anilines is 3. The van der Waals surface area contributed by atoms with Gasteiger partial charge in [-0.05, 0) is 61.6 Å². The fourth-order valence-electron chi connectivity index (χ4n) is 3.37. The molecule has 6 nitrogen and oxygen atoms in total. The number of aryl methyl sites for hydroxylation is 1. The summed E-state index contributed by atoms with van der Waals surface area (Å²) in [5.74, 6) is -2.02. The number of fused-ring (bicyclic) bond motifs is 1. The van der Waals surface area contributed by atoms with Gasteiger partial charge in [0.1, 0.15) is 5.82 Å². The molecule has 1 saturated carbocycles. The first-order valence-electron chi connectivity index (χ1n) is 9.33. The first-order valence-corrected chi connectivity index (χ1v) is 9.33. The Morgan fingerprint density at radius 3 is 2.36 bits per heavy atom. The van der Waals surface area contributed by atoms with Crippen LogP contribution < -0.4 is 15.5 Å². The summed E-state index contributed by atoms with van der Waals surface area (Å²) in [6.45, 7) is 0.666. The normalized spacial score (nSPS) is 15.5. The van der Waals surface area contributed by atoms with Gasteiger partial charge in [-0.2, -0.15) is 0 Å². The fraction of sp³-hybridized carbons (Fsp3) is 0.286. The van der Waals surface area contributed by atoms with E-state index >= 15 is 0 Å². The predicted molar refractivity (Wildman–Crippen MR) is 103 cm³/mol. The summed E-state index contributed by atoms with van der Waals surface area (Å²) >= 11 is 0. The summed E-state index contributed by atoms with van der Waals surface area (Å²) < 4.78 is 13.2. The van der Waals surface area contributed by atoms with Gasteiger partial charge >= 0.3 is 11.8 Å². The molecule has 1 fully saturated rings. The molecule has 0 bridgehead atoms. The van der Waals surface area contributed by atoms with Crippen LogP contribution in [0.4, 0.5) is 21.5 Å². The van der Waals surface area contributed by atoms with Crippen molar-refractivity contribution < 1.29 is 18.8 Å². The Hall–Kier alpha value is -3.22. The van der Waals surface area contributed by atoms with Gasteiger partial charge in [-0.15, -0.1) is 0 Å². The second kappa shape index (κ2) is 7.42. The minimum atomic E-state index is -0.894. The molecule has 1 heterocycles. The zero-order valence-corrected chi connectivity index (χ0v) is 15.2. The van der Waals surface area contributed by atoms with E-state index in [1.54, 1.807) is 17.0 Å². The lowest BCUT2D eigenvalue weighted by atomic mass is 10.0. The summed E-state index contributed by atoms with van der Waals surface area (Å²) in [6, 6.07) is 10.6. The lowest BCUT2D eigenvalue weighted by Gasteiger charge is -2.30. The average Bonchev–Trinajstić information content (AvgIpc) is 3.52. The fourth-order valence-corrected chi connectivity index (χ4v) is 3.37. The van der Waals surface area contributed by atoms with E-state index in [9.17, 15) is 18.8 Å². The van der Waals surface area contributed by atoms with Crippen molar-refractivity contribution >= 4 is 34.8 Å². The molecule has 144 valence electrons. The number of halogens is 1. The van der Waals surface area contributed by atoms with E-state index in [4.69, 9.17) is 0 Å². The third kappa shape index (κ3) is 3.88. The highest BCUT2D eigenvalue weighted by atomic mass is 19.1. The van der Waals surface area contributed by atoms with Gasteiger partial charge < -0.3 is 15.5 Å². The Bertz CT molecular complexity index is 956. The van der Waals surface area contributed by atoms with E-state index in [0.29, 0.717) is 12.2 Å². The Balaban J connectivity index is 1.47. The van der Waals surface area contributed by atoms with Crippen LogP contribution in [0.2, 0.25) is 0 Å². The number of nitrogens with zero attached hydrogens (tertiary/aromatic N) is 1. The van der Waals surface area contributed by atoms with E-state index in [0.717, 1.165) is 43.0 Å². The van der Waals surface area contributed by atoms with Crippen molar-refractivity contribution in [2.24, 2.45) is 5.92 Å². The molecule has 3 amide bonds. The maximum Gasteiger partial charge on any atom is 0.314 e. The Morgan fingerprint density at radius 1 is 0.964 bits per heavy atom. The number of amides is 3. The van der Waals surface area contributed by atoms with Crippen molar-refractivity contribution in [3.05, 3.63) is 53.8 Å². The maximum atomic E-state index is 13.2. The van der Waals surface area contributed by atoms with Crippen LogP contribution in [-0.4, -0.2) is 24.3 Å². The summed E-state index contributed by atoms with van der Waals surface area (Å²) in [5.41, 5.74) is 2.49. The number of nitrogens with one attached hydrogen (secondary N) is 2. The molecule has 0 saturated heterocycles. The van der Waals surface area contributed by atoms with Gasteiger partial charge in [-0.3, -0.25) is 14.4 Å². The van der Waals surface area contributed by atoms with Crippen molar-refractivity contribution in [1.82, 2.24) is 0 Å². The van der Waals surface area contributed by atoms with Crippen LogP contribution in [0, 0.1) is 11.7 Å². The van der Waals surface area contributed by atoms with Gasteiger partial charge in [-0.1, -0.05) is 12.1 Å². The molecule has 0 radical (unpaired) electrons.